The summed E-state index contributed by atoms with van der Waals surface area (Å²) in [6.45, 7) is 12.7. The second-order valence-corrected chi connectivity index (χ2v) is 6.85. The molecule has 0 heterocycles. The number of rotatable bonds is 3. The summed E-state index contributed by atoms with van der Waals surface area (Å²) in [7, 11) is 0. The first-order valence-electron chi connectivity index (χ1n) is 7.92. The third kappa shape index (κ3) is 93.5. The minimum atomic E-state index is -4.83. The Kier molecular flexibility index (Phi) is 47.1. The Hall–Kier alpha value is 0.576. The van der Waals surface area contributed by atoms with E-state index in [1.165, 1.54) is 0 Å². The Morgan fingerprint density at radius 3 is 1.12 bits per heavy atom. The minimum absolute atomic E-state index is 0. The summed E-state index contributed by atoms with van der Waals surface area (Å²) in [6, 6.07) is 0. The Bertz CT molecular complexity index is 234. The average Bonchev–Trinajstić information content (AvgIpc) is 3.07. The first kappa shape index (κ1) is 36.5. The molecule has 0 spiro atoms. The molecular weight excluding hydrogens is 473 g/mol. The van der Waals surface area contributed by atoms with Crippen LogP contribution in [0.1, 0.15) is 48.0 Å². The number of aliphatic hydroxyl groups is 3. The van der Waals surface area contributed by atoms with Gasteiger partial charge in [-0.3, -0.25) is 6.08 Å². The summed E-state index contributed by atoms with van der Waals surface area (Å²) in [5, 5.41) is 24.4. The van der Waals surface area contributed by atoms with Crippen LogP contribution in [0.3, 0.4) is 0 Å². The number of allylic oxidation sites excluding steroid dienone is 4. The van der Waals surface area contributed by atoms with Gasteiger partial charge in [0.05, 0.1) is 0 Å². The fourth-order valence-electron chi connectivity index (χ4n) is 0.340. The first-order chi connectivity index (χ1) is 11.0. The van der Waals surface area contributed by atoms with Crippen LogP contribution in [-0.2, 0) is 26.2 Å². The molecule has 3 N–H and O–H groups in total. The van der Waals surface area contributed by atoms with Crippen LogP contribution >= 0.6 is 0 Å². The molecule has 25 heavy (non-hydrogen) atoms. The van der Waals surface area contributed by atoms with Crippen molar-refractivity contribution in [1.29, 1.82) is 0 Å². The summed E-state index contributed by atoms with van der Waals surface area (Å²) in [5.41, 5.74) is 0. The van der Waals surface area contributed by atoms with Gasteiger partial charge in [0.1, 0.15) is 0 Å². The quantitative estimate of drug-likeness (QED) is 0.398. The van der Waals surface area contributed by atoms with E-state index in [0.717, 1.165) is 6.42 Å². The first-order valence-corrected chi connectivity index (χ1v) is 10.3. The van der Waals surface area contributed by atoms with Crippen molar-refractivity contribution in [3.05, 3.63) is 24.3 Å². The van der Waals surface area contributed by atoms with Gasteiger partial charge in [-0.15, -0.1) is 6.42 Å². The van der Waals surface area contributed by atoms with Crippen molar-refractivity contribution in [3.63, 3.8) is 0 Å². The van der Waals surface area contributed by atoms with Crippen LogP contribution < -0.4 is 0 Å². The molecule has 8 heteroatoms. The standard InChI is InChI=1S/C5H5.3C4H10O.F3Ge.Zr/c1-2-4-5-3-1;3*1-4(2)3-5;1-4(2)3;/h1-3H,4H2;3*4-5H,3H2,1-2H3;;/q-1;;;;;. The van der Waals surface area contributed by atoms with E-state index in [9.17, 15) is 10.5 Å². The monoisotopic (exact) mass is 508 g/mol. The van der Waals surface area contributed by atoms with Crippen LogP contribution in [-0.4, -0.2) is 50.9 Å². The number of aliphatic hydroxyl groups excluding tert-OH is 3. The Morgan fingerprint density at radius 2 is 1.08 bits per heavy atom. The maximum absolute atomic E-state index is 9.83. The molecule has 3 nitrogen and oxygen atoms in total. The van der Waals surface area contributed by atoms with Gasteiger partial charge in [0.25, 0.3) is 0 Å². The molecule has 0 aliphatic heterocycles. The predicted octanol–water partition coefficient (Wildman–Crippen LogP) is 4.09. The molecule has 0 aromatic heterocycles. The second kappa shape index (κ2) is 32.3. The number of halogens is 3. The Morgan fingerprint density at radius 1 is 0.840 bits per heavy atom. The smallest absolute Gasteiger partial charge is 0 e. The van der Waals surface area contributed by atoms with Gasteiger partial charge in [-0.1, -0.05) is 41.5 Å². The molecule has 0 unspecified atom stereocenters. The third-order valence-corrected chi connectivity index (χ3v) is 1.68. The van der Waals surface area contributed by atoms with E-state index in [2.05, 4.69) is 12.2 Å². The Labute approximate surface area is 177 Å². The molecule has 0 aromatic rings. The normalized spacial score (nSPS) is 10.7. The van der Waals surface area contributed by atoms with E-state index in [0.29, 0.717) is 37.6 Å². The number of hydrogen-bond donors (Lipinski definition) is 3. The molecule has 0 saturated heterocycles. The van der Waals surface area contributed by atoms with Crippen molar-refractivity contribution in [1.82, 2.24) is 0 Å². The van der Waals surface area contributed by atoms with E-state index in [1.807, 2.05) is 53.7 Å². The van der Waals surface area contributed by atoms with Crippen LogP contribution in [0.5, 0.6) is 0 Å². The van der Waals surface area contributed by atoms with Crippen LogP contribution in [0, 0.1) is 23.8 Å². The molecule has 1 aliphatic carbocycles. The summed E-state index contributed by atoms with van der Waals surface area (Å²) in [4.78, 5) is 0. The molecule has 151 valence electrons. The third-order valence-electron chi connectivity index (χ3n) is 1.68. The maximum atomic E-state index is 9.83. The van der Waals surface area contributed by atoms with Crippen molar-refractivity contribution in [2.24, 2.45) is 17.8 Å². The van der Waals surface area contributed by atoms with Crippen LogP contribution in [0.2, 0.25) is 0 Å². The van der Waals surface area contributed by atoms with Gasteiger partial charge >= 0.3 is 26.2 Å². The Balaban J connectivity index is -0.0000000662. The molecule has 0 amide bonds. The van der Waals surface area contributed by atoms with Gasteiger partial charge in [-0.05, 0) is 17.8 Å². The summed E-state index contributed by atoms with van der Waals surface area (Å²) in [5.74, 6) is 1.32. The maximum Gasteiger partial charge on any atom is 0 e. The average molecular weight is 508 g/mol. The van der Waals surface area contributed by atoms with Crippen molar-refractivity contribution >= 4 is 15.7 Å². The van der Waals surface area contributed by atoms with Crippen LogP contribution in [0.4, 0.5) is 10.5 Å². The van der Waals surface area contributed by atoms with Gasteiger partial charge in [0.15, 0.2) is 0 Å². The summed E-state index contributed by atoms with van der Waals surface area (Å²) in [6.07, 6.45) is 10.0. The van der Waals surface area contributed by atoms with Crippen molar-refractivity contribution < 1.29 is 52.0 Å². The van der Waals surface area contributed by atoms with E-state index in [-0.39, 0.29) is 26.2 Å². The summed E-state index contributed by atoms with van der Waals surface area (Å²) >= 11 is -4.83. The molecule has 1 aliphatic rings. The van der Waals surface area contributed by atoms with Gasteiger partial charge in [0, 0.05) is 46.0 Å². The van der Waals surface area contributed by atoms with Crippen molar-refractivity contribution in [2.75, 3.05) is 19.8 Å². The molecule has 0 atom stereocenters. The van der Waals surface area contributed by atoms with Gasteiger partial charge in [-0.25, -0.2) is 12.2 Å². The van der Waals surface area contributed by atoms with Crippen LogP contribution in [0.15, 0.2) is 18.2 Å². The fourth-order valence-corrected chi connectivity index (χ4v) is 0.340. The van der Waals surface area contributed by atoms with Crippen molar-refractivity contribution in [3.8, 4) is 0 Å². The van der Waals surface area contributed by atoms with E-state index >= 15 is 0 Å². The van der Waals surface area contributed by atoms with Gasteiger partial charge < -0.3 is 15.3 Å². The van der Waals surface area contributed by atoms with Crippen molar-refractivity contribution in [2.45, 2.75) is 48.0 Å². The largest absolute Gasteiger partial charge is 0 e. The number of hydrogen-bond acceptors (Lipinski definition) is 3. The molecule has 0 bridgehead atoms. The summed E-state index contributed by atoms with van der Waals surface area (Å²) < 4.78 is 29.5. The zero-order valence-corrected chi connectivity index (χ0v) is 20.8. The van der Waals surface area contributed by atoms with Gasteiger partial charge in [0.2, 0.25) is 0 Å². The van der Waals surface area contributed by atoms with E-state index in [4.69, 9.17) is 15.3 Å². The minimum Gasteiger partial charge on any atom is 0 e. The molecule has 1 rings (SSSR count). The molecule has 0 aromatic carbocycles. The SMILES string of the molecule is CC(C)CO.CC(C)CO.CC(C)CO.[C-]1=CC=CC1.[F][Ge]([F])[F].[Zr]. The predicted molar refractivity (Wildman–Crippen MR) is 96.4 cm³/mol. The molecule has 0 saturated carbocycles. The zero-order chi connectivity index (χ0) is 20.0. The molecular formula is C17H35F3GeO3Zr-. The van der Waals surface area contributed by atoms with E-state index < -0.39 is 15.7 Å². The molecule has 1 radical (unpaired) electrons. The molecule has 0 fully saturated rings. The topological polar surface area (TPSA) is 60.7 Å². The fraction of sp³-hybridized carbons (Fsp3) is 0.765. The zero-order valence-electron chi connectivity index (χ0n) is 16.3. The van der Waals surface area contributed by atoms with E-state index in [1.54, 1.807) is 0 Å². The second-order valence-electron chi connectivity index (χ2n) is 5.95. The van der Waals surface area contributed by atoms with Crippen LogP contribution in [0.25, 0.3) is 0 Å². The van der Waals surface area contributed by atoms with Gasteiger partial charge in [-0.2, -0.15) is 6.08 Å².